The monoisotopic (exact) mass is 224 g/mol. The second kappa shape index (κ2) is 4.45. The van der Waals surface area contributed by atoms with E-state index in [2.05, 4.69) is 0 Å². The van der Waals surface area contributed by atoms with Crippen LogP contribution in [-0.4, -0.2) is 23.7 Å². The summed E-state index contributed by atoms with van der Waals surface area (Å²) in [6, 6.07) is 7.74. The molecule has 1 aliphatic heterocycles. The van der Waals surface area contributed by atoms with E-state index in [9.17, 15) is 5.11 Å². The molecule has 0 bridgehead atoms. The molecule has 1 atom stereocenters. The molecule has 1 fully saturated rings. The number of methoxy groups -OCH3 is 1. The molecular weight excluding hydrogens is 208 g/mol. The van der Waals surface area contributed by atoms with Gasteiger partial charge in [-0.3, -0.25) is 0 Å². The average molecular weight is 224 g/mol. The highest BCUT2D eigenvalue weighted by molar-refractivity contribution is 7.99. The Hall–Kier alpha value is -0.670. The van der Waals surface area contributed by atoms with E-state index in [-0.39, 0.29) is 0 Å². The predicted molar refractivity (Wildman–Crippen MR) is 63.4 cm³/mol. The zero-order valence-electron chi connectivity index (χ0n) is 8.90. The lowest BCUT2D eigenvalue weighted by atomic mass is 9.91. The molecule has 0 amide bonds. The fourth-order valence-electron chi connectivity index (χ4n) is 1.91. The first-order valence-electron chi connectivity index (χ1n) is 5.19. The Morgan fingerprint density at radius 3 is 2.60 bits per heavy atom. The molecule has 2 nitrogen and oxygen atoms in total. The Labute approximate surface area is 94.6 Å². The van der Waals surface area contributed by atoms with Crippen LogP contribution in [0.25, 0.3) is 0 Å². The maximum absolute atomic E-state index is 10.4. The molecule has 3 heteroatoms. The fourth-order valence-corrected chi connectivity index (χ4v) is 3.05. The van der Waals surface area contributed by atoms with Gasteiger partial charge in [0.25, 0.3) is 0 Å². The number of hydrogen-bond acceptors (Lipinski definition) is 3. The fraction of sp³-hybridized carbons (Fsp3) is 0.500. The molecule has 0 aliphatic carbocycles. The van der Waals surface area contributed by atoms with E-state index in [1.54, 1.807) is 7.11 Å². The van der Waals surface area contributed by atoms with E-state index in [0.717, 1.165) is 29.9 Å². The largest absolute Gasteiger partial charge is 0.497 e. The van der Waals surface area contributed by atoms with Crippen LogP contribution in [0.15, 0.2) is 24.3 Å². The molecule has 0 saturated carbocycles. The van der Waals surface area contributed by atoms with Gasteiger partial charge in [-0.25, -0.2) is 0 Å². The van der Waals surface area contributed by atoms with Crippen LogP contribution in [0.2, 0.25) is 0 Å². The van der Waals surface area contributed by atoms with E-state index >= 15 is 0 Å². The first-order chi connectivity index (χ1) is 7.24. The molecule has 82 valence electrons. The highest BCUT2D eigenvalue weighted by atomic mass is 32.2. The van der Waals surface area contributed by atoms with Crippen LogP contribution in [-0.2, 0) is 5.60 Å². The Bertz CT molecular complexity index is 315. The summed E-state index contributed by atoms with van der Waals surface area (Å²) in [5.41, 5.74) is 0.380. The molecule has 0 aromatic heterocycles. The standard InChI is InChI=1S/C12H16O2S/c1-14-11-5-3-10(4-6-11)12(13)7-2-8-15-9-12/h3-6,13H,2,7-9H2,1H3/t12-/m0/s1. The highest BCUT2D eigenvalue weighted by Crippen LogP contribution is 2.35. The number of benzene rings is 1. The average Bonchev–Trinajstić information content (AvgIpc) is 2.30. The maximum atomic E-state index is 10.4. The molecule has 0 radical (unpaired) electrons. The highest BCUT2D eigenvalue weighted by Gasteiger charge is 2.31. The SMILES string of the molecule is COc1ccc([C@]2(O)CCCSC2)cc1. The number of hydrogen-bond donors (Lipinski definition) is 1. The first kappa shape index (κ1) is 10.8. The van der Waals surface area contributed by atoms with Gasteiger partial charge >= 0.3 is 0 Å². The quantitative estimate of drug-likeness (QED) is 0.836. The normalized spacial score (nSPS) is 26.3. The third kappa shape index (κ3) is 2.29. The predicted octanol–water partition coefficient (Wildman–Crippen LogP) is 2.41. The van der Waals surface area contributed by atoms with Crippen molar-refractivity contribution in [3.8, 4) is 5.75 Å². The lowest BCUT2D eigenvalue weighted by Crippen LogP contribution is -2.31. The van der Waals surface area contributed by atoms with Crippen molar-refractivity contribution >= 4 is 11.8 Å². The van der Waals surface area contributed by atoms with Gasteiger partial charge in [0.1, 0.15) is 5.75 Å². The summed E-state index contributed by atoms with van der Waals surface area (Å²) < 4.78 is 5.10. The zero-order valence-corrected chi connectivity index (χ0v) is 9.72. The zero-order chi connectivity index (χ0) is 10.7. The van der Waals surface area contributed by atoms with Crippen LogP contribution >= 0.6 is 11.8 Å². The van der Waals surface area contributed by atoms with Crippen LogP contribution in [0.1, 0.15) is 18.4 Å². The third-order valence-electron chi connectivity index (χ3n) is 2.85. The first-order valence-corrected chi connectivity index (χ1v) is 6.35. The number of aliphatic hydroxyl groups is 1. The van der Waals surface area contributed by atoms with Crippen LogP contribution < -0.4 is 4.74 Å². The van der Waals surface area contributed by atoms with Crippen LogP contribution in [0.4, 0.5) is 0 Å². The molecule has 15 heavy (non-hydrogen) atoms. The molecule has 0 spiro atoms. The maximum Gasteiger partial charge on any atom is 0.118 e. The van der Waals surface area contributed by atoms with Gasteiger partial charge in [-0.2, -0.15) is 11.8 Å². The molecule has 2 rings (SSSR count). The molecule has 1 heterocycles. The van der Waals surface area contributed by atoms with Crippen LogP contribution in [0.3, 0.4) is 0 Å². The minimum absolute atomic E-state index is 0.630. The molecule has 1 aliphatic rings. The Balaban J connectivity index is 2.20. The van der Waals surface area contributed by atoms with Gasteiger partial charge in [0.2, 0.25) is 0 Å². The van der Waals surface area contributed by atoms with Crippen molar-refractivity contribution in [2.75, 3.05) is 18.6 Å². The summed E-state index contributed by atoms with van der Waals surface area (Å²) in [5.74, 6) is 2.81. The number of thioether (sulfide) groups is 1. The Morgan fingerprint density at radius 1 is 1.33 bits per heavy atom. The van der Waals surface area contributed by atoms with Crippen molar-refractivity contribution in [3.05, 3.63) is 29.8 Å². The smallest absolute Gasteiger partial charge is 0.118 e. The van der Waals surface area contributed by atoms with E-state index in [1.807, 2.05) is 36.0 Å². The van der Waals surface area contributed by atoms with E-state index in [1.165, 1.54) is 5.75 Å². The minimum atomic E-state index is -0.630. The topological polar surface area (TPSA) is 29.5 Å². The Kier molecular flexibility index (Phi) is 3.22. The summed E-state index contributed by atoms with van der Waals surface area (Å²) in [4.78, 5) is 0. The van der Waals surface area contributed by atoms with Gasteiger partial charge in [0.05, 0.1) is 12.7 Å². The van der Waals surface area contributed by atoms with Crippen molar-refractivity contribution in [3.63, 3.8) is 0 Å². The minimum Gasteiger partial charge on any atom is -0.497 e. The van der Waals surface area contributed by atoms with Gasteiger partial charge in [0.15, 0.2) is 0 Å². The van der Waals surface area contributed by atoms with Gasteiger partial charge < -0.3 is 9.84 Å². The summed E-state index contributed by atoms with van der Waals surface area (Å²) >= 11 is 1.83. The molecule has 1 N–H and O–H groups in total. The molecule has 1 aromatic rings. The van der Waals surface area contributed by atoms with E-state index in [4.69, 9.17) is 4.74 Å². The molecule has 0 unspecified atom stereocenters. The molecule has 1 saturated heterocycles. The van der Waals surface area contributed by atoms with Crippen molar-refractivity contribution in [2.24, 2.45) is 0 Å². The summed E-state index contributed by atoms with van der Waals surface area (Å²) in [6.07, 6.45) is 1.96. The van der Waals surface area contributed by atoms with Crippen molar-refractivity contribution in [2.45, 2.75) is 18.4 Å². The second-order valence-corrected chi connectivity index (χ2v) is 5.02. The van der Waals surface area contributed by atoms with Gasteiger partial charge in [-0.05, 0) is 36.3 Å². The van der Waals surface area contributed by atoms with E-state index in [0.29, 0.717) is 0 Å². The number of ether oxygens (including phenoxy) is 1. The lowest BCUT2D eigenvalue weighted by Gasteiger charge is -2.32. The summed E-state index contributed by atoms with van der Waals surface area (Å²) in [6.45, 7) is 0. The van der Waals surface area contributed by atoms with Crippen LogP contribution in [0, 0.1) is 0 Å². The van der Waals surface area contributed by atoms with Gasteiger partial charge in [-0.15, -0.1) is 0 Å². The molecule has 1 aromatic carbocycles. The van der Waals surface area contributed by atoms with Crippen molar-refractivity contribution in [1.29, 1.82) is 0 Å². The second-order valence-electron chi connectivity index (χ2n) is 3.92. The molecular formula is C12H16O2S. The van der Waals surface area contributed by atoms with Gasteiger partial charge in [-0.1, -0.05) is 12.1 Å². The van der Waals surface area contributed by atoms with Crippen LogP contribution in [0.5, 0.6) is 5.75 Å². The lowest BCUT2D eigenvalue weighted by molar-refractivity contribution is 0.0495. The van der Waals surface area contributed by atoms with Crippen molar-refractivity contribution in [1.82, 2.24) is 0 Å². The Morgan fingerprint density at radius 2 is 2.07 bits per heavy atom. The summed E-state index contributed by atoms with van der Waals surface area (Å²) in [7, 11) is 1.65. The number of rotatable bonds is 2. The van der Waals surface area contributed by atoms with E-state index < -0.39 is 5.60 Å². The third-order valence-corrected chi connectivity index (χ3v) is 4.11. The summed E-state index contributed by atoms with van der Waals surface area (Å²) in [5, 5.41) is 10.4. The van der Waals surface area contributed by atoms with Crippen molar-refractivity contribution < 1.29 is 9.84 Å². The van der Waals surface area contributed by atoms with Gasteiger partial charge in [0, 0.05) is 5.75 Å².